The van der Waals surface area contributed by atoms with Crippen molar-refractivity contribution in [3.8, 4) is 11.5 Å². The number of nitro groups is 1. The molecule has 2 aromatic rings. The third-order valence-corrected chi connectivity index (χ3v) is 5.94. The molecule has 0 unspecified atom stereocenters. The van der Waals surface area contributed by atoms with Crippen molar-refractivity contribution in [1.29, 1.82) is 0 Å². The molecule has 0 spiro atoms. The molecule has 1 aromatic carbocycles. The van der Waals surface area contributed by atoms with Gasteiger partial charge in [-0.2, -0.15) is 0 Å². The molecule has 11 nitrogen and oxygen atoms in total. The fraction of sp³-hybridized carbons (Fsp3) is 0.409. The highest BCUT2D eigenvalue weighted by atomic mass is 16.6. The number of rotatable bonds is 7. The van der Waals surface area contributed by atoms with Crippen molar-refractivity contribution in [3.05, 3.63) is 46.6 Å². The Morgan fingerprint density at radius 2 is 1.76 bits per heavy atom. The van der Waals surface area contributed by atoms with Crippen LogP contribution in [0.5, 0.6) is 11.5 Å². The Kier molecular flexibility index (Phi) is 6.40. The lowest BCUT2D eigenvalue weighted by atomic mass is 10.0. The van der Waals surface area contributed by atoms with Crippen LogP contribution in [0.4, 0.5) is 17.2 Å². The fourth-order valence-electron chi connectivity index (χ4n) is 4.19. The second-order valence-electron chi connectivity index (χ2n) is 7.95. The van der Waals surface area contributed by atoms with Gasteiger partial charge in [0, 0.05) is 43.4 Å². The largest absolute Gasteiger partial charge is 0.497 e. The standard InChI is InChI=1S/C22H25N5O6/c1-32-17-9-16(10-18(11-17)33-2)26-21(28)12-19(22(26)29)24-14-5-7-25(8-6-14)20-4-3-15(13-23-20)27(30)31/h3-4,9-11,13-14,19,24H,5-8,12H2,1-2H3/t19-/m1/s1. The van der Waals surface area contributed by atoms with E-state index in [2.05, 4.69) is 15.2 Å². The van der Waals surface area contributed by atoms with Gasteiger partial charge in [-0.1, -0.05) is 0 Å². The van der Waals surface area contributed by atoms with Gasteiger partial charge in [0.1, 0.15) is 23.5 Å². The van der Waals surface area contributed by atoms with Crippen molar-refractivity contribution in [3.63, 3.8) is 0 Å². The van der Waals surface area contributed by atoms with Crippen LogP contribution in [-0.2, 0) is 9.59 Å². The van der Waals surface area contributed by atoms with Gasteiger partial charge in [-0.15, -0.1) is 0 Å². The van der Waals surface area contributed by atoms with Gasteiger partial charge in [0.15, 0.2) is 0 Å². The molecule has 0 aliphatic carbocycles. The van der Waals surface area contributed by atoms with Crippen LogP contribution in [0.1, 0.15) is 19.3 Å². The molecule has 2 fully saturated rings. The highest BCUT2D eigenvalue weighted by Crippen LogP contribution is 2.32. The minimum atomic E-state index is -0.594. The third-order valence-electron chi connectivity index (χ3n) is 5.94. The van der Waals surface area contributed by atoms with Crippen molar-refractivity contribution >= 4 is 29.0 Å². The van der Waals surface area contributed by atoms with Gasteiger partial charge in [0.25, 0.3) is 11.6 Å². The van der Waals surface area contributed by atoms with E-state index in [4.69, 9.17) is 9.47 Å². The van der Waals surface area contributed by atoms with Gasteiger partial charge >= 0.3 is 0 Å². The maximum absolute atomic E-state index is 13.0. The molecule has 2 amide bonds. The Balaban J connectivity index is 1.37. The van der Waals surface area contributed by atoms with Gasteiger partial charge < -0.3 is 19.7 Å². The number of amides is 2. The van der Waals surface area contributed by atoms with E-state index in [9.17, 15) is 19.7 Å². The summed E-state index contributed by atoms with van der Waals surface area (Å²) in [7, 11) is 3.02. The monoisotopic (exact) mass is 455 g/mol. The van der Waals surface area contributed by atoms with Crippen LogP contribution in [0, 0.1) is 10.1 Å². The minimum absolute atomic E-state index is 0.0436. The molecule has 11 heteroatoms. The van der Waals surface area contributed by atoms with E-state index < -0.39 is 11.0 Å². The Morgan fingerprint density at radius 1 is 1.09 bits per heavy atom. The summed E-state index contributed by atoms with van der Waals surface area (Å²) in [6, 6.07) is 7.51. The normalized spacial score (nSPS) is 19.2. The molecule has 33 heavy (non-hydrogen) atoms. The van der Waals surface area contributed by atoms with Crippen molar-refractivity contribution in [2.45, 2.75) is 31.3 Å². The maximum atomic E-state index is 13.0. The van der Waals surface area contributed by atoms with Crippen LogP contribution in [0.3, 0.4) is 0 Å². The second-order valence-corrected chi connectivity index (χ2v) is 7.95. The molecular formula is C22H25N5O6. The number of ether oxygens (including phenoxy) is 2. The number of nitrogens with zero attached hydrogens (tertiary/aromatic N) is 4. The average molecular weight is 455 g/mol. The molecular weight excluding hydrogens is 430 g/mol. The van der Waals surface area contributed by atoms with Gasteiger partial charge in [-0.05, 0) is 18.9 Å². The lowest BCUT2D eigenvalue weighted by Crippen LogP contribution is -2.49. The van der Waals surface area contributed by atoms with E-state index in [0.717, 1.165) is 12.8 Å². The predicted octanol–water partition coefficient (Wildman–Crippen LogP) is 1.90. The van der Waals surface area contributed by atoms with Crippen molar-refractivity contribution in [2.75, 3.05) is 37.1 Å². The Labute approximate surface area is 190 Å². The van der Waals surface area contributed by atoms with Gasteiger partial charge in [0.2, 0.25) is 5.91 Å². The van der Waals surface area contributed by atoms with E-state index in [1.54, 1.807) is 24.3 Å². The first-order valence-electron chi connectivity index (χ1n) is 10.6. The van der Waals surface area contributed by atoms with Crippen LogP contribution in [0.25, 0.3) is 0 Å². The molecule has 0 radical (unpaired) electrons. The molecule has 1 aromatic heterocycles. The molecule has 3 heterocycles. The zero-order valence-electron chi connectivity index (χ0n) is 18.4. The number of carbonyl (C=O) groups is 2. The SMILES string of the molecule is COc1cc(OC)cc(N2C(=O)C[C@@H](NC3CCN(c4ccc([N+](=O)[O-])cn4)CC3)C2=O)c1. The summed E-state index contributed by atoms with van der Waals surface area (Å²) in [4.78, 5) is 43.5. The van der Waals surface area contributed by atoms with E-state index >= 15 is 0 Å². The Bertz CT molecular complexity index is 1030. The van der Waals surface area contributed by atoms with E-state index in [-0.39, 0.29) is 30.0 Å². The highest BCUT2D eigenvalue weighted by Gasteiger charge is 2.41. The molecule has 174 valence electrons. The number of piperidine rings is 1. The highest BCUT2D eigenvalue weighted by molar-refractivity contribution is 6.22. The topological polar surface area (TPSA) is 127 Å². The first kappa shape index (κ1) is 22.5. The number of anilines is 2. The second kappa shape index (κ2) is 9.41. The molecule has 0 saturated carbocycles. The summed E-state index contributed by atoms with van der Waals surface area (Å²) in [6.07, 6.45) is 2.85. The Morgan fingerprint density at radius 3 is 2.30 bits per heavy atom. The minimum Gasteiger partial charge on any atom is -0.497 e. The lowest BCUT2D eigenvalue weighted by Gasteiger charge is -2.34. The number of carbonyl (C=O) groups excluding carboxylic acids is 2. The van der Waals surface area contributed by atoms with Crippen LogP contribution >= 0.6 is 0 Å². The van der Waals surface area contributed by atoms with Gasteiger partial charge in [0.05, 0.1) is 37.3 Å². The van der Waals surface area contributed by atoms with Crippen molar-refractivity contribution in [2.24, 2.45) is 0 Å². The zero-order chi connectivity index (χ0) is 23.5. The summed E-state index contributed by atoms with van der Waals surface area (Å²) in [5.41, 5.74) is 0.377. The van der Waals surface area contributed by atoms with Gasteiger partial charge in [-0.25, -0.2) is 9.88 Å². The van der Waals surface area contributed by atoms with Crippen LogP contribution < -0.4 is 24.6 Å². The average Bonchev–Trinajstić information content (AvgIpc) is 3.11. The van der Waals surface area contributed by atoms with Crippen molar-refractivity contribution in [1.82, 2.24) is 10.3 Å². The lowest BCUT2D eigenvalue weighted by molar-refractivity contribution is -0.385. The van der Waals surface area contributed by atoms with Crippen LogP contribution in [-0.4, -0.2) is 61.1 Å². The van der Waals surface area contributed by atoms with E-state index in [1.165, 1.54) is 31.4 Å². The molecule has 4 rings (SSSR count). The fourth-order valence-corrected chi connectivity index (χ4v) is 4.19. The van der Waals surface area contributed by atoms with E-state index in [1.807, 2.05) is 0 Å². The first-order chi connectivity index (χ1) is 15.9. The smallest absolute Gasteiger partial charge is 0.287 e. The summed E-state index contributed by atoms with van der Waals surface area (Å²) >= 11 is 0. The number of pyridine rings is 1. The summed E-state index contributed by atoms with van der Waals surface area (Å²) in [6.45, 7) is 1.38. The summed E-state index contributed by atoms with van der Waals surface area (Å²) in [5.74, 6) is 1.10. The van der Waals surface area contributed by atoms with E-state index in [0.29, 0.717) is 36.1 Å². The molecule has 1 N–H and O–H groups in total. The molecule has 2 saturated heterocycles. The Hall–Kier alpha value is -3.73. The summed E-state index contributed by atoms with van der Waals surface area (Å²) in [5, 5.41) is 14.1. The number of benzene rings is 1. The number of hydrogen-bond acceptors (Lipinski definition) is 9. The third kappa shape index (κ3) is 4.72. The number of hydrogen-bond donors (Lipinski definition) is 1. The molecule has 1 atom stereocenters. The van der Waals surface area contributed by atoms with Crippen LogP contribution in [0.15, 0.2) is 36.5 Å². The summed E-state index contributed by atoms with van der Waals surface area (Å²) < 4.78 is 10.5. The number of methoxy groups -OCH3 is 2. The van der Waals surface area contributed by atoms with Gasteiger partial charge in [-0.3, -0.25) is 19.7 Å². The zero-order valence-corrected chi connectivity index (χ0v) is 18.4. The predicted molar refractivity (Wildman–Crippen MR) is 120 cm³/mol. The quantitative estimate of drug-likeness (QED) is 0.378. The number of nitrogens with one attached hydrogen (secondary N) is 1. The number of aromatic nitrogens is 1. The van der Waals surface area contributed by atoms with Crippen molar-refractivity contribution < 1.29 is 24.0 Å². The first-order valence-corrected chi connectivity index (χ1v) is 10.6. The molecule has 0 bridgehead atoms. The maximum Gasteiger partial charge on any atom is 0.287 e. The molecule has 2 aliphatic rings. The van der Waals surface area contributed by atoms with Crippen LogP contribution in [0.2, 0.25) is 0 Å². The molecule has 2 aliphatic heterocycles. The number of imide groups is 1.